The number of aromatic carboxylic acids is 1. The minimum atomic E-state index is -3.61. The van der Waals surface area contributed by atoms with Crippen molar-refractivity contribution in [2.45, 2.75) is 66.2 Å². The van der Waals surface area contributed by atoms with Gasteiger partial charge in [-0.05, 0) is 95.5 Å². The molecule has 6 N–H and O–H groups in total. The van der Waals surface area contributed by atoms with Gasteiger partial charge in [-0.15, -0.1) is 10.2 Å². The van der Waals surface area contributed by atoms with E-state index >= 15 is 0 Å². The van der Waals surface area contributed by atoms with E-state index in [0.717, 1.165) is 34.8 Å². The standard InChI is InChI=1S/C29H31N5O5S.C17H13N3O3.C12H20N2O3S/c1-18-12-13-20(14-25(18)34-17-24(31-33-34)26(35)19-10-8-7-9-11-19)28(36)30-22-15-21(29(2,3)4)16-23(27(22)39-5)32-40(6,37)38;1-11-7-8-13(17(22)23)9-15(11)20-10-14(18-19-20)16(21)12-5-3-2-4-6-12;1-12(2,3)8-6-9(13)11(17-4)10(7-8)14-18(5,15)16/h7-17,32H,1-6H3,(H,30,36);2-10H,1H3,(H,22,23);6-7,14H,13H2,1-5H3. The number of amides is 1. The minimum Gasteiger partial charge on any atom is -0.492 e. The zero-order valence-corrected chi connectivity index (χ0v) is 48.4. The predicted molar refractivity (Wildman–Crippen MR) is 312 cm³/mol. The number of benzene rings is 6. The van der Waals surface area contributed by atoms with E-state index in [4.69, 9.17) is 20.3 Å². The molecule has 2 aromatic heterocycles. The molecular formula is C58H64N10O11S2. The van der Waals surface area contributed by atoms with Gasteiger partial charge in [-0.3, -0.25) is 23.8 Å². The van der Waals surface area contributed by atoms with Crippen LogP contribution in [0.5, 0.6) is 11.5 Å². The first-order valence-electron chi connectivity index (χ1n) is 24.8. The number of hydrogen-bond acceptors (Lipinski definition) is 15. The van der Waals surface area contributed by atoms with Crippen molar-refractivity contribution in [2.24, 2.45) is 0 Å². The second-order valence-corrected chi connectivity index (χ2v) is 24.2. The summed E-state index contributed by atoms with van der Waals surface area (Å²) >= 11 is 0. The lowest BCUT2D eigenvalue weighted by molar-refractivity contribution is 0.0696. The van der Waals surface area contributed by atoms with Crippen molar-refractivity contribution < 1.29 is 50.6 Å². The van der Waals surface area contributed by atoms with Crippen molar-refractivity contribution >= 4 is 66.2 Å². The van der Waals surface area contributed by atoms with Crippen molar-refractivity contribution in [3.05, 3.63) is 190 Å². The molecule has 0 saturated carbocycles. The van der Waals surface area contributed by atoms with Crippen LogP contribution >= 0.6 is 0 Å². The quantitative estimate of drug-likeness (QED) is 0.0472. The van der Waals surface area contributed by atoms with E-state index in [2.05, 4.69) is 35.4 Å². The molecule has 81 heavy (non-hydrogen) atoms. The number of nitrogens with zero attached hydrogens (tertiary/aromatic N) is 6. The Labute approximate surface area is 470 Å². The van der Waals surface area contributed by atoms with E-state index in [9.17, 15) is 36.0 Å². The van der Waals surface area contributed by atoms with Gasteiger partial charge in [0.1, 0.15) is 0 Å². The number of anilines is 4. The van der Waals surface area contributed by atoms with Crippen LogP contribution in [0, 0.1) is 13.8 Å². The SMILES string of the molecule is COc1c(N)cc(C(C)(C)C)cc1NS(C)(=O)=O.COc1c(NC(=O)c2ccc(C)c(-n3cc(C(=O)c4ccccc4)nn3)c2)cc(C(C)(C)C)cc1NS(C)(=O)=O.Cc1ccc(C(=O)O)cc1-n1cc(C(=O)c2ccccc2)nn1. The number of ether oxygens (including phenoxy) is 2. The molecule has 0 atom stereocenters. The van der Waals surface area contributed by atoms with Gasteiger partial charge in [0, 0.05) is 16.7 Å². The fourth-order valence-electron chi connectivity index (χ4n) is 7.87. The molecule has 1 amide bonds. The lowest BCUT2D eigenvalue weighted by Gasteiger charge is -2.24. The maximum atomic E-state index is 13.4. The lowest BCUT2D eigenvalue weighted by atomic mass is 9.86. The average Bonchev–Trinajstić information content (AvgIpc) is 4.12. The number of carbonyl (C=O) groups is 4. The highest BCUT2D eigenvalue weighted by molar-refractivity contribution is 7.92. The topological polar surface area (TPSA) is 299 Å². The highest BCUT2D eigenvalue weighted by Crippen LogP contribution is 2.40. The molecule has 8 rings (SSSR count). The number of carboxylic acids is 1. The Bertz CT molecular complexity index is 3870. The number of aryl methyl sites for hydroxylation is 2. The van der Waals surface area contributed by atoms with E-state index in [1.165, 1.54) is 48.1 Å². The highest BCUT2D eigenvalue weighted by Gasteiger charge is 2.25. The molecule has 0 unspecified atom stereocenters. The predicted octanol–water partition coefficient (Wildman–Crippen LogP) is 9.19. The maximum Gasteiger partial charge on any atom is 0.335 e. The van der Waals surface area contributed by atoms with Gasteiger partial charge in [0.15, 0.2) is 22.9 Å². The maximum absolute atomic E-state index is 13.4. The normalized spacial score (nSPS) is 11.5. The average molecular weight is 1140 g/mol. The molecule has 0 aliphatic heterocycles. The Hall–Kier alpha value is -9.22. The van der Waals surface area contributed by atoms with Crippen molar-refractivity contribution in [3.8, 4) is 22.9 Å². The molecule has 2 heterocycles. The molecule has 21 nitrogen and oxygen atoms in total. The van der Waals surface area contributed by atoms with Gasteiger partial charge in [-0.25, -0.2) is 31.0 Å². The molecule has 0 saturated heterocycles. The van der Waals surface area contributed by atoms with E-state index in [-0.39, 0.29) is 50.8 Å². The highest BCUT2D eigenvalue weighted by atomic mass is 32.2. The number of nitrogens with two attached hydrogens (primary N) is 1. The first kappa shape index (κ1) is 61.0. The fourth-order valence-corrected chi connectivity index (χ4v) is 8.97. The van der Waals surface area contributed by atoms with Gasteiger partial charge < -0.3 is 25.6 Å². The van der Waals surface area contributed by atoms with E-state index in [0.29, 0.717) is 50.9 Å². The summed E-state index contributed by atoms with van der Waals surface area (Å²) in [6.45, 7) is 15.7. The molecule has 0 aliphatic rings. The second-order valence-electron chi connectivity index (χ2n) is 20.7. The van der Waals surface area contributed by atoms with Crippen LogP contribution < -0.4 is 30.0 Å². The van der Waals surface area contributed by atoms with Crippen LogP contribution in [0.2, 0.25) is 0 Å². The number of aromatic nitrogens is 6. The van der Waals surface area contributed by atoms with E-state index < -0.39 is 31.9 Å². The molecule has 0 aliphatic carbocycles. The fraction of sp³-hybridized carbons (Fsp3) is 0.241. The first-order chi connectivity index (χ1) is 37.9. The Kier molecular flexibility index (Phi) is 18.7. The molecule has 8 aromatic rings. The number of methoxy groups -OCH3 is 2. The van der Waals surface area contributed by atoms with Crippen LogP contribution in [-0.2, 0) is 30.9 Å². The van der Waals surface area contributed by atoms with Gasteiger partial charge in [-0.1, -0.05) is 125 Å². The number of carbonyl (C=O) groups excluding carboxylic acids is 3. The summed E-state index contributed by atoms with van der Waals surface area (Å²) < 4.78 is 65.1. The molecular weight excluding hydrogens is 1080 g/mol. The van der Waals surface area contributed by atoms with Gasteiger partial charge in [-0.2, -0.15) is 0 Å². The number of rotatable bonds is 15. The Morgan fingerprint density at radius 3 is 1.35 bits per heavy atom. The molecule has 23 heteroatoms. The van der Waals surface area contributed by atoms with Crippen LogP contribution in [-0.4, -0.2) is 102 Å². The van der Waals surface area contributed by atoms with E-state index in [1.807, 2.05) is 67.5 Å². The smallest absolute Gasteiger partial charge is 0.335 e. The third-order valence-electron chi connectivity index (χ3n) is 12.1. The van der Waals surface area contributed by atoms with Gasteiger partial charge in [0.25, 0.3) is 5.91 Å². The Morgan fingerprint density at radius 1 is 0.543 bits per heavy atom. The van der Waals surface area contributed by atoms with Crippen LogP contribution in [0.3, 0.4) is 0 Å². The van der Waals surface area contributed by atoms with Crippen LogP contribution in [0.15, 0.2) is 134 Å². The molecule has 0 bridgehead atoms. The number of nitrogen functional groups attached to an aromatic ring is 1. The van der Waals surface area contributed by atoms with E-state index in [1.54, 1.807) is 97.1 Å². The summed E-state index contributed by atoms with van der Waals surface area (Å²) in [5.41, 5.74) is 13.1. The van der Waals surface area contributed by atoms with Crippen molar-refractivity contribution in [3.63, 3.8) is 0 Å². The largest absolute Gasteiger partial charge is 0.492 e. The molecule has 424 valence electrons. The van der Waals surface area contributed by atoms with Crippen LogP contribution in [0.25, 0.3) is 11.4 Å². The van der Waals surface area contributed by atoms with Gasteiger partial charge in [0.05, 0.1) is 78.8 Å². The summed E-state index contributed by atoms with van der Waals surface area (Å²) in [5, 5.41) is 28.0. The summed E-state index contributed by atoms with van der Waals surface area (Å²) in [5.74, 6) is -1.44. The zero-order chi connectivity index (χ0) is 59.8. The van der Waals surface area contributed by atoms with Crippen LogP contribution in [0.1, 0.15) is 117 Å². The van der Waals surface area contributed by atoms with Crippen LogP contribution in [0.4, 0.5) is 22.7 Å². The monoisotopic (exact) mass is 1140 g/mol. The molecule has 0 radical (unpaired) electrons. The number of carboxylic acid groups (broad SMARTS) is 1. The zero-order valence-electron chi connectivity index (χ0n) is 46.8. The summed E-state index contributed by atoms with van der Waals surface area (Å²) in [6, 6.07) is 34.4. The molecule has 0 spiro atoms. The van der Waals surface area contributed by atoms with Crippen molar-refractivity contribution in [2.75, 3.05) is 47.2 Å². The molecule has 0 fully saturated rings. The number of nitrogens with one attached hydrogen (secondary N) is 3. The van der Waals surface area contributed by atoms with Crippen molar-refractivity contribution in [1.29, 1.82) is 0 Å². The second kappa shape index (κ2) is 24.8. The van der Waals surface area contributed by atoms with Gasteiger partial charge in [0.2, 0.25) is 31.6 Å². The Balaban J connectivity index is 0.000000217. The number of sulfonamides is 2. The summed E-state index contributed by atoms with van der Waals surface area (Å²) in [7, 11) is -4.13. The number of ketones is 2. The summed E-state index contributed by atoms with van der Waals surface area (Å²) in [6.07, 6.45) is 5.17. The number of hydrogen-bond donors (Lipinski definition) is 5. The van der Waals surface area contributed by atoms with Crippen molar-refractivity contribution in [1.82, 2.24) is 30.0 Å². The first-order valence-corrected chi connectivity index (χ1v) is 28.6. The lowest BCUT2D eigenvalue weighted by Crippen LogP contribution is -2.18. The Morgan fingerprint density at radius 2 is 0.938 bits per heavy atom. The third-order valence-corrected chi connectivity index (χ3v) is 13.3. The minimum absolute atomic E-state index is 0.131. The third kappa shape index (κ3) is 16.0. The molecule has 6 aromatic carbocycles. The summed E-state index contributed by atoms with van der Waals surface area (Å²) in [4.78, 5) is 49.7. The van der Waals surface area contributed by atoms with Gasteiger partial charge >= 0.3 is 5.97 Å².